The molecule has 2 N–H and O–H groups in total. The minimum atomic E-state index is -1.27. The van der Waals surface area contributed by atoms with Crippen LogP contribution in [0.25, 0.3) is 21.5 Å². The molecule has 0 fully saturated rings. The van der Waals surface area contributed by atoms with Crippen molar-refractivity contribution in [2.75, 3.05) is 0 Å². The van der Waals surface area contributed by atoms with Crippen molar-refractivity contribution in [2.24, 2.45) is 0 Å². The molecule has 0 bridgehead atoms. The van der Waals surface area contributed by atoms with Crippen LogP contribution in [0.5, 0.6) is 0 Å². The zero-order valence-corrected chi connectivity index (χ0v) is 22.8. The van der Waals surface area contributed by atoms with Crippen LogP contribution >= 0.6 is 22.7 Å². The van der Waals surface area contributed by atoms with Gasteiger partial charge in [-0.05, 0) is 35.7 Å². The number of thiophene rings is 1. The van der Waals surface area contributed by atoms with E-state index in [4.69, 9.17) is 19.7 Å². The van der Waals surface area contributed by atoms with E-state index in [1.54, 1.807) is 66.1 Å². The predicted octanol–water partition coefficient (Wildman–Crippen LogP) is 5.21. The Balaban J connectivity index is 1.61. The normalized spacial score (nSPS) is 20.5. The maximum Gasteiger partial charge on any atom is 0.217 e. The molecule has 8 rings (SSSR count). The number of aromatic amines is 2. The molecule has 6 aromatic heterocycles. The summed E-state index contributed by atoms with van der Waals surface area (Å²) in [7, 11) is 0. The number of imidazole rings is 1. The first-order valence-electron chi connectivity index (χ1n) is 12.7. The SMILES string of the molecule is c1ccc(C2(c3ncc[nH]3)C(c3cn[nH]n3)=C(c3cnccn3)OC2(c2cccs2)c2nc3ccccc3s2)nc1. The van der Waals surface area contributed by atoms with Crippen LogP contribution in [0.4, 0.5) is 0 Å². The molecular weight excluding hydrogens is 555 g/mol. The molecule has 0 saturated heterocycles. The number of fused-ring (bicyclic) bond motifs is 1. The number of ether oxygens (including phenoxy) is 1. The molecular formula is C29H19N9OS2. The fourth-order valence-electron chi connectivity index (χ4n) is 5.67. The van der Waals surface area contributed by atoms with E-state index in [1.807, 2.05) is 47.8 Å². The van der Waals surface area contributed by atoms with Gasteiger partial charge in [-0.3, -0.25) is 9.97 Å². The summed E-state index contributed by atoms with van der Waals surface area (Å²) < 4.78 is 8.41. The molecule has 198 valence electrons. The van der Waals surface area contributed by atoms with Gasteiger partial charge in [0.05, 0.1) is 38.8 Å². The maximum atomic E-state index is 7.38. The highest BCUT2D eigenvalue weighted by Crippen LogP contribution is 2.66. The molecule has 1 aliphatic rings. The third-order valence-electron chi connectivity index (χ3n) is 7.22. The number of para-hydroxylation sites is 1. The van der Waals surface area contributed by atoms with Crippen molar-refractivity contribution in [3.8, 4) is 0 Å². The largest absolute Gasteiger partial charge is 0.470 e. The number of rotatable bonds is 6. The van der Waals surface area contributed by atoms with Crippen molar-refractivity contribution in [3.63, 3.8) is 0 Å². The summed E-state index contributed by atoms with van der Waals surface area (Å²) >= 11 is 3.16. The maximum absolute atomic E-state index is 7.38. The molecule has 0 amide bonds. The zero-order chi connectivity index (χ0) is 27.3. The van der Waals surface area contributed by atoms with E-state index >= 15 is 0 Å². The molecule has 0 radical (unpaired) electrons. The standard InChI is InChI=1S/C29H19N9OS2/c1-2-7-21-18(6-1)36-27(41-21)29(23-9-5-15-40-23)28(26-33-13-14-34-26,22-8-3-4-10-32-22)24(19-17-35-38-37-19)25(39-29)20-16-30-11-12-31-20/h1-17H,(H,33,34)(H,35,37,38). The quantitative estimate of drug-likeness (QED) is 0.277. The summed E-state index contributed by atoms with van der Waals surface area (Å²) in [4.78, 5) is 28.5. The average Bonchev–Trinajstić information content (AvgIpc) is 3.86. The van der Waals surface area contributed by atoms with Crippen LogP contribution in [-0.4, -0.2) is 45.3 Å². The number of aromatic nitrogens is 9. The second kappa shape index (κ2) is 9.25. The van der Waals surface area contributed by atoms with Crippen molar-refractivity contribution in [1.29, 1.82) is 0 Å². The summed E-state index contributed by atoms with van der Waals surface area (Å²) in [5.74, 6) is 1.10. The molecule has 2 unspecified atom stereocenters. The lowest BCUT2D eigenvalue weighted by molar-refractivity contribution is 0.0550. The Morgan fingerprint density at radius 3 is 2.51 bits per heavy atom. The molecule has 1 aliphatic heterocycles. The molecule has 7 heterocycles. The van der Waals surface area contributed by atoms with Gasteiger partial charge in [0, 0.05) is 31.0 Å². The van der Waals surface area contributed by atoms with Gasteiger partial charge in [0.15, 0.2) is 11.2 Å². The lowest BCUT2D eigenvalue weighted by atomic mass is 9.63. The molecule has 0 saturated carbocycles. The van der Waals surface area contributed by atoms with E-state index in [-0.39, 0.29) is 0 Å². The van der Waals surface area contributed by atoms with Gasteiger partial charge in [0.2, 0.25) is 5.60 Å². The molecule has 12 heteroatoms. The third-order valence-corrected chi connectivity index (χ3v) is 9.33. The molecule has 41 heavy (non-hydrogen) atoms. The first kappa shape index (κ1) is 23.8. The smallest absolute Gasteiger partial charge is 0.217 e. The Labute approximate surface area is 240 Å². The van der Waals surface area contributed by atoms with E-state index in [2.05, 4.69) is 42.5 Å². The minimum absolute atomic E-state index is 0.488. The first-order valence-corrected chi connectivity index (χ1v) is 14.4. The van der Waals surface area contributed by atoms with Crippen molar-refractivity contribution >= 4 is 44.2 Å². The number of hydrogen-bond acceptors (Lipinski definition) is 10. The van der Waals surface area contributed by atoms with E-state index in [1.165, 1.54) is 0 Å². The molecule has 2 atom stereocenters. The van der Waals surface area contributed by atoms with Crippen molar-refractivity contribution in [3.05, 3.63) is 136 Å². The fourth-order valence-corrected chi connectivity index (χ4v) is 7.82. The second-order valence-corrected chi connectivity index (χ2v) is 11.3. The predicted molar refractivity (Wildman–Crippen MR) is 155 cm³/mol. The van der Waals surface area contributed by atoms with Crippen LogP contribution in [0.15, 0.2) is 103 Å². The molecule has 7 aromatic rings. The Bertz CT molecular complexity index is 1940. The first-order chi connectivity index (χ1) is 20.3. The van der Waals surface area contributed by atoms with Gasteiger partial charge in [-0.15, -0.1) is 22.7 Å². The Morgan fingerprint density at radius 1 is 0.829 bits per heavy atom. The van der Waals surface area contributed by atoms with Gasteiger partial charge in [0.1, 0.15) is 22.2 Å². The van der Waals surface area contributed by atoms with Crippen LogP contribution in [0.1, 0.15) is 32.8 Å². The second-order valence-electron chi connectivity index (χ2n) is 9.30. The molecule has 0 aliphatic carbocycles. The highest BCUT2D eigenvalue weighted by molar-refractivity contribution is 7.19. The minimum Gasteiger partial charge on any atom is -0.470 e. The zero-order valence-electron chi connectivity index (χ0n) is 21.2. The molecule has 10 nitrogen and oxygen atoms in total. The van der Waals surface area contributed by atoms with Crippen LogP contribution in [0.3, 0.4) is 0 Å². The highest BCUT2D eigenvalue weighted by atomic mass is 32.1. The number of benzene rings is 1. The average molecular weight is 574 g/mol. The van der Waals surface area contributed by atoms with Gasteiger partial charge in [0.25, 0.3) is 0 Å². The Hall–Kier alpha value is -5.07. The van der Waals surface area contributed by atoms with Crippen LogP contribution in [0, 0.1) is 0 Å². The Kier molecular flexibility index (Phi) is 5.37. The summed E-state index contributed by atoms with van der Waals surface area (Å²) in [5.41, 5.74) is 0.882. The summed E-state index contributed by atoms with van der Waals surface area (Å²) in [5, 5.41) is 14.3. The van der Waals surface area contributed by atoms with Gasteiger partial charge < -0.3 is 9.72 Å². The van der Waals surface area contributed by atoms with E-state index in [0.717, 1.165) is 20.1 Å². The third kappa shape index (κ3) is 3.31. The van der Waals surface area contributed by atoms with E-state index in [0.29, 0.717) is 34.2 Å². The summed E-state index contributed by atoms with van der Waals surface area (Å²) in [6, 6.07) is 18.0. The summed E-state index contributed by atoms with van der Waals surface area (Å²) in [6.45, 7) is 0. The van der Waals surface area contributed by atoms with Crippen LogP contribution in [0.2, 0.25) is 0 Å². The Morgan fingerprint density at radius 2 is 1.78 bits per heavy atom. The topological polar surface area (TPSA) is 131 Å². The fraction of sp³-hybridized carbons (Fsp3) is 0.0690. The van der Waals surface area contributed by atoms with Gasteiger partial charge in [-0.1, -0.05) is 24.3 Å². The van der Waals surface area contributed by atoms with Crippen molar-refractivity contribution in [1.82, 2.24) is 45.3 Å². The molecule has 0 spiro atoms. The van der Waals surface area contributed by atoms with Crippen molar-refractivity contribution in [2.45, 2.75) is 11.0 Å². The van der Waals surface area contributed by atoms with Gasteiger partial charge >= 0.3 is 0 Å². The van der Waals surface area contributed by atoms with Gasteiger partial charge in [-0.25, -0.2) is 15.0 Å². The number of nitrogens with zero attached hydrogens (tertiary/aromatic N) is 7. The summed E-state index contributed by atoms with van der Waals surface area (Å²) in [6.07, 6.45) is 12.0. The van der Waals surface area contributed by atoms with Crippen LogP contribution < -0.4 is 0 Å². The van der Waals surface area contributed by atoms with E-state index in [9.17, 15) is 0 Å². The lowest BCUT2D eigenvalue weighted by Gasteiger charge is -2.42. The molecule has 1 aromatic carbocycles. The van der Waals surface area contributed by atoms with E-state index < -0.39 is 11.0 Å². The van der Waals surface area contributed by atoms with Gasteiger partial charge in [-0.2, -0.15) is 15.4 Å². The number of hydrogen-bond donors (Lipinski definition) is 2. The monoisotopic (exact) mass is 573 g/mol. The number of thiazole rings is 1. The number of H-pyrrole nitrogens is 2. The highest BCUT2D eigenvalue weighted by Gasteiger charge is 2.70. The van der Waals surface area contributed by atoms with Crippen molar-refractivity contribution < 1.29 is 4.74 Å². The lowest BCUT2D eigenvalue weighted by Crippen LogP contribution is -2.50. The van der Waals surface area contributed by atoms with Crippen LogP contribution in [-0.2, 0) is 15.8 Å². The number of nitrogens with one attached hydrogen (secondary N) is 2. The number of pyridine rings is 1.